The van der Waals surface area contributed by atoms with Crippen LogP contribution in [0.2, 0.25) is 5.02 Å². The summed E-state index contributed by atoms with van der Waals surface area (Å²) in [5, 5.41) is 0.322. The summed E-state index contributed by atoms with van der Waals surface area (Å²) in [5.41, 5.74) is 5.82. The largest absolute Gasteiger partial charge is 0.397 e. The molecule has 8 heteroatoms. The third-order valence-corrected chi connectivity index (χ3v) is 4.36. The smallest absolute Gasteiger partial charge is 0.241 e. The molecule has 6 nitrogen and oxygen atoms in total. The van der Waals surface area contributed by atoms with E-state index in [4.69, 9.17) is 17.3 Å². The molecule has 0 saturated heterocycles. The van der Waals surface area contributed by atoms with Crippen LogP contribution in [0.5, 0.6) is 0 Å². The summed E-state index contributed by atoms with van der Waals surface area (Å²) >= 11 is 5.76. The minimum atomic E-state index is -3.63. The summed E-state index contributed by atoms with van der Waals surface area (Å²) < 4.78 is 28.3. The summed E-state index contributed by atoms with van der Waals surface area (Å²) in [6.45, 7) is 0.106. The van der Waals surface area contributed by atoms with Crippen molar-refractivity contribution in [3.63, 3.8) is 0 Å². The Bertz CT molecular complexity index is 696. The third kappa shape index (κ3) is 3.06. The van der Waals surface area contributed by atoms with Crippen molar-refractivity contribution in [2.75, 3.05) is 5.73 Å². The normalized spacial score (nSPS) is 11.7. The van der Waals surface area contributed by atoms with Gasteiger partial charge in [-0.1, -0.05) is 11.6 Å². The molecule has 1 aromatic carbocycles. The van der Waals surface area contributed by atoms with Gasteiger partial charge in [-0.25, -0.2) is 18.1 Å². The van der Waals surface area contributed by atoms with E-state index in [9.17, 15) is 8.42 Å². The van der Waals surface area contributed by atoms with Crippen LogP contribution in [-0.4, -0.2) is 18.0 Å². The molecular formula is C11H13ClN4O2S. The Morgan fingerprint density at radius 2 is 2.21 bits per heavy atom. The van der Waals surface area contributed by atoms with Gasteiger partial charge in [0.15, 0.2) is 0 Å². The summed E-state index contributed by atoms with van der Waals surface area (Å²) in [6.07, 6.45) is 3.34. The predicted molar refractivity (Wildman–Crippen MR) is 73.1 cm³/mol. The van der Waals surface area contributed by atoms with Crippen LogP contribution in [0.25, 0.3) is 0 Å². The molecule has 0 unspecified atom stereocenters. The van der Waals surface area contributed by atoms with Gasteiger partial charge in [-0.15, -0.1) is 0 Å². The zero-order chi connectivity index (χ0) is 14.0. The maximum absolute atomic E-state index is 12.1. The van der Waals surface area contributed by atoms with E-state index in [1.807, 2.05) is 0 Å². The lowest BCUT2D eigenvalue weighted by Gasteiger charge is -2.08. The second kappa shape index (κ2) is 5.20. The molecule has 0 spiro atoms. The molecule has 1 aromatic heterocycles. The fourth-order valence-electron chi connectivity index (χ4n) is 1.50. The molecule has 0 bridgehead atoms. The Morgan fingerprint density at radius 1 is 1.47 bits per heavy atom. The van der Waals surface area contributed by atoms with Crippen LogP contribution in [0, 0.1) is 0 Å². The lowest BCUT2D eigenvalue weighted by atomic mass is 10.3. The number of hydrogen-bond donors (Lipinski definition) is 2. The molecule has 19 heavy (non-hydrogen) atoms. The standard InChI is InChI=1S/C11H13ClN4O2S/c1-16-5-4-14-11(16)7-15-19(17,18)8-2-3-9(12)10(13)6-8/h2-6,15H,7,13H2,1H3. The van der Waals surface area contributed by atoms with Crippen molar-refractivity contribution in [2.45, 2.75) is 11.4 Å². The number of hydrogen-bond acceptors (Lipinski definition) is 4. The first-order valence-electron chi connectivity index (χ1n) is 5.41. The monoisotopic (exact) mass is 300 g/mol. The maximum Gasteiger partial charge on any atom is 0.241 e. The van der Waals surface area contributed by atoms with E-state index in [0.29, 0.717) is 10.8 Å². The fraction of sp³-hybridized carbons (Fsp3) is 0.182. The number of nitrogens with zero attached hydrogens (tertiary/aromatic N) is 2. The second-order valence-electron chi connectivity index (χ2n) is 3.96. The molecule has 3 N–H and O–H groups in total. The molecule has 0 aliphatic heterocycles. The number of aryl methyl sites for hydroxylation is 1. The molecule has 2 rings (SSSR count). The van der Waals surface area contributed by atoms with Gasteiger partial charge < -0.3 is 10.3 Å². The van der Waals surface area contributed by atoms with Gasteiger partial charge in [0.25, 0.3) is 0 Å². The van der Waals surface area contributed by atoms with Crippen LogP contribution in [0.3, 0.4) is 0 Å². The van der Waals surface area contributed by atoms with E-state index in [-0.39, 0.29) is 17.1 Å². The third-order valence-electron chi connectivity index (χ3n) is 2.62. The zero-order valence-corrected chi connectivity index (χ0v) is 11.7. The van der Waals surface area contributed by atoms with Crippen molar-refractivity contribution in [3.8, 4) is 0 Å². The number of imidazole rings is 1. The molecule has 0 aliphatic rings. The predicted octanol–water partition coefficient (Wildman–Crippen LogP) is 1.13. The highest BCUT2D eigenvalue weighted by atomic mass is 35.5. The van der Waals surface area contributed by atoms with Gasteiger partial charge in [-0.3, -0.25) is 0 Å². The molecule has 0 saturated carbocycles. The van der Waals surface area contributed by atoms with Gasteiger partial charge >= 0.3 is 0 Å². The lowest BCUT2D eigenvalue weighted by molar-refractivity contribution is 0.577. The molecule has 0 atom stereocenters. The fourth-order valence-corrected chi connectivity index (χ4v) is 2.63. The number of nitrogens with two attached hydrogens (primary N) is 1. The van der Waals surface area contributed by atoms with E-state index in [2.05, 4.69) is 9.71 Å². The Morgan fingerprint density at radius 3 is 2.79 bits per heavy atom. The Balaban J connectivity index is 2.18. The number of benzene rings is 1. The number of aromatic nitrogens is 2. The average Bonchev–Trinajstić information content (AvgIpc) is 2.76. The van der Waals surface area contributed by atoms with Gasteiger partial charge in [0.05, 0.1) is 22.2 Å². The van der Waals surface area contributed by atoms with E-state index in [1.54, 1.807) is 24.0 Å². The van der Waals surface area contributed by atoms with E-state index >= 15 is 0 Å². The first kappa shape index (κ1) is 13.9. The van der Waals surface area contributed by atoms with Crippen LogP contribution >= 0.6 is 11.6 Å². The molecule has 0 fully saturated rings. The number of nitrogen functional groups attached to an aromatic ring is 1. The minimum Gasteiger partial charge on any atom is -0.397 e. The van der Waals surface area contributed by atoms with Crippen molar-refractivity contribution < 1.29 is 8.42 Å². The van der Waals surface area contributed by atoms with Crippen molar-refractivity contribution >= 4 is 27.3 Å². The van der Waals surface area contributed by atoms with Crippen LogP contribution in [-0.2, 0) is 23.6 Å². The van der Waals surface area contributed by atoms with Gasteiger partial charge in [-0.05, 0) is 18.2 Å². The summed E-state index contributed by atoms with van der Waals surface area (Å²) in [4.78, 5) is 4.11. The van der Waals surface area contributed by atoms with Gasteiger partial charge in [0, 0.05) is 19.4 Å². The summed E-state index contributed by atoms with van der Waals surface area (Å²) in [5.74, 6) is 0.616. The molecule has 0 radical (unpaired) electrons. The first-order chi connectivity index (χ1) is 8.90. The number of rotatable bonds is 4. The highest BCUT2D eigenvalue weighted by Gasteiger charge is 2.15. The van der Waals surface area contributed by atoms with Crippen molar-refractivity contribution in [2.24, 2.45) is 7.05 Å². The summed E-state index contributed by atoms with van der Waals surface area (Å²) in [7, 11) is -1.85. The SMILES string of the molecule is Cn1ccnc1CNS(=O)(=O)c1ccc(Cl)c(N)c1. The topological polar surface area (TPSA) is 90.0 Å². The van der Waals surface area contributed by atoms with Crippen LogP contribution < -0.4 is 10.5 Å². The molecule has 0 aliphatic carbocycles. The molecule has 2 aromatic rings. The number of anilines is 1. The van der Waals surface area contributed by atoms with Gasteiger partial charge in [0.1, 0.15) is 5.82 Å². The second-order valence-corrected chi connectivity index (χ2v) is 6.14. The Hall–Kier alpha value is -1.57. The minimum absolute atomic E-state index is 0.0728. The Labute approximate surface area is 116 Å². The molecular weight excluding hydrogens is 288 g/mol. The molecule has 1 heterocycles. The highest BCUT2D eigenvalue weighted by Crippen LogP contribution is 2.22. The zero-order valence-electron chi connectivity index (χ0n) is 10.2. The molecule has 0 amide bonds. The number of halogens is 1. The van der Waals surface area contributed by atoms with Gasteiger partial charge in [-0.2, -0.15) is 0 Å². The average molecular weight is 301 g/mol. The van der Waals surface area contributed by atoms with Crippen LogP contribution in [0.15, 0.2) is 35.5 Å². The Kier molecular flexibility index (Phi) is 3.79. The van der Waals surface area contributed by atoms with Crippen molar-refractivity contribution in [1.29, 1.82) is 0 Å². The first-order valence-corrected chi connectivity index (χ1v) is 7.27. The van der Waals surface area contributed by atoms with E-state index in [1.165, 1.54) is 18.2 Å². The van der Waals surface area contributed by atoms with Gasteiger partial charge in [0.2, 0.25) is 10.0 Å². The molecule has 102 valence electrons. The van der Waals surface area contributed by atoms with E-state index in [0.717, 1.165) is 0 Å². The van der Waals surface area contributed by atoms with E-state index < -0.39 is 10.0 Å². The van der Waals surface area contributed by atoms with Crippen molar-refractivity contribution in [3.05, 3.63) is 41.4 Å². The highest BCUT2D eigenvalue weighted by molar-refractivity contribution is 7.89. The van der Waals surface area contributed by atoms with Crippen LogP contribution in [0.1, 0.15) is 5.82 Å². The van der Waals surface area contributed by atoms with Crippen LogP contribution in [0.4, 0.5) is 5.69 Å². The summed E-state index contributed by atoms with van der Waals surface area (Å²) in [6, 6.07) is 4.18. The maximum atomic E-state index is 12.1. The lowest BCUT2D eigenvalue weighted by Crippen LogP contribution is -2.24. The quantitative estimate of drug-likeness (QED) is 0.828. The van der Waals surface area contributed by atoms with Crippen molar-refractivity contribution in [1.82, 2.24) is 14.3 Å². The number of sulfonamides is 1. The number of nitrogens with one attached hydrogen (secondary N) is 1.